The lowest BCUT2D eigenvalue weighted by Gasteiger charge is -2.01. The predicted molar refractivity (Wildman–Crippen MR) is 96.4 cm³/mol. The van der Waals surface area contributed by atoms with E-state index in [1.807, 2.05) is 31.2 Å². The van der Waals surface area contributed by atoms with Gasteiger partial charge in [-0.05, 0) is 26.0 Å². The predicted octanol–water partition coefficient (Wildman–Crippen LogP) is 2.94. The smallest absolute Gasteiger partial charge is 0.211 e. The molecule has 0 saturated heterocycles. The van der Waals surface area contributed by atoms with Crippen LogP contribution in [0.15, 0.2) is 34.5 Å². The molecule has 3 aromatic rings. The average Bonchev–Trinajstić information content (AvgIpc) is 2.98. The molecule has 2 aromatic heterocycles. The van der Waals surface area contributed by atoms with Crippen LogP contribution in [0.5, 0.6) is 0 Å². The van der Waals surface area contributed by atoms with Crippen molar-refractivity contribution < 1.29 is 0 Å². The third-order valence-electron chi connectivity index (χ3n) is 3.44. The van der Waals surface area contributed by atoms with Gasteiger partial charge in [-0.2, -0.15) is 5.10 Å². The van der Waals surface area contributed by atoms with Gasteiger partial charge in [0.1, 0.15) is 0 Å². The Morgan fingerprint density at radius 2 is 1.96 bits per heavy atom. The zero-order chi connectivity index (χ0) is 16.6. The van der Waals surface area contributed by atoms with E-state index in [1.165, 1.54) is 4.88 Å². The lowest BCUT2D eigenvalue weighted by molar-refractivity contribution is 1.09. The Kier molecular flexibility index (Phi) is 4.06. The fourth-order valence-electron chi connectivity index (χ4n) is 2.26. The number of aromatic nitrogens is 2. The van der Waals surface area contributed by atoms with Gasteiger partial charge in [0.15, 0.2) is 4.96 Å². The van der Waals surface area contributed by atoms with Crippen LogP contribution in [0.4, 0.5) is 0 Å². The SMILES string of the molecule is Cc1sc2nc(-c3ccc(Cl)cc3)c(/C=N/N=C(N)N)n2c1C. The van der Waals surface area contributed by atoms with E-state index in [-0.39, 0.29) is 5.96 Å². The molecule has 0 saturated carbocycles. The fraction of sp³-hybridized carbons (Fsp3) is 0.133. The van der Waals surface area contributed by atoms with Crippen LogP contribution in [-0.4, -0.2) is 21.6 Å². The molecular weight excluding hydrogens is 332 g/mol. The molecule has 4 N–H and O–H groups in total. The van der Waals surface area contributed by atoms with Crippen molar-refractivity contribution >= 4 is 40.1 Å². The van der Waals surface area contributed by atoms with Gasteiger partial charge in [0.2, 0.25) is 5.96 Å². The van der Waals surface area contributed by atoms with Crippen LogP contribution in [-0.2, 0) is 0 Å². The Morgan fingerprint density at radius 1 is 1.26 bits per heavy atom. The summed E-state index contributed by atoms with van der Waals surface area (Å²) in [5.41, 5.74) is 14.4. The molecule has 23 heavy (non-hydrogen) atoms. The van der Waals surface area contributed by atoms with Crippen LogP contribution >= 0.6 is 22.9 Å². The first-order valence-corrected chi connectivity index (χ1v) is 8.03. The van der Waals surface area contributed by atoms with Crippen molar-refractivity contribution in [3.8, 4) is 11.3 Å². The third kappa shape index (κ3) is 2.93. The van der Waals surface area contributed by atoms with Crippen LogP contribution in [0.25, 0.3) is 16.2 Å². The third-order valence-corrected chi connectivity index (χ3v) is 4.75. The van der Waals surface area contributed by atoms with E-state index < -0.39 is 0 Å². The highest BCUT2D eigenvalue weighted by atomic mass is 35.5. The number of hydrogen-bond donors (Lipinski definition) is 2. The van der Waals surface area contributed by atoms with Crippen molar-refractivity contribution in [2.75, 3.05) is 0 Å². The Morgan fingerprint density at radius 3 is 2.61 bits per heavy atom. The molecule has 0 aliphatic rings. The first kappa shape index (κ1) is 15.5. The molecule has 0 aliphatic carbocycles. The summed E-state index contributed by atoms with van der Waals surface area (Å²) in [6.07, 6.45) is 1.61. The number of nitrogens with two attached hydrogens (primary N) is 2. The van der Waals surface area contributed by atoms with Gasteiger partial charge in [-0.1, -0.05) is 23.7 Å². The summed E-state index contributed by atoms with van der Waals surface area (Å²) < 4.78 is 2.05. The van der Waals surface area contributed by atoms with Gasteiger partial charge in [0.25, 0.3) is 0 Å². The molecule has 118 valence electrons. The van der Waals surface area contributed by atoms with Crippen molar-refractivity contribution in [1.29, 1.82) is 0 Å². The maximum absolute atomic E-state index is 5.97. The van der Waals surface area contributed by atoms with Crippen molar-refractivity contribution in [2.45, 2.75) is 13.8 Å². The summed E-state index contributed by atoms with van der Waals surface area (Å²) in [6.45, 7) is 4.11. The topological polar surface area (TPSA) is 94.1 Å². The van der Waals surface area contributed by atoms with E-state index in [0.717, 1.165) is 27.6 Å². The van der Waals surface area contributed by atoms with Gasteiger partial charge in [-0.15, -0.1) is 16.4 Å². The maximum Gasteiger partial charge on any atom is 0.211 e. The summed E-state index contributed by atoms with van der Waals surface area (Å²) in [4.78, 5) is 6.83. The zero-order valence-corrected chi connectivity index (χ0v) is 14.2. The number of aryl methyl sites for hydroxylation is 2. The molecule has 0 unspecified atom stereocenters. The quantitative estimate of drug-likeness (QED) is 0.433. The second-order valence-electron chi connectivity index (χ2n) is 4.98. The van der Waals surface area contributed by atoms with E-state index >= 15 is 0 Å². The van der Waals surface area contributed by atoms with Gasteiger partial charge in [-0.25, -0.2) is 4.98 Å². The molecule has 0 fully saturated rings. The van der Waals surface area contributed by atoms with Crippen molar-refractivity contribution in [3.63, 3.8) is 0 Å². The van der Waals surface area contributed by atoms with Gasteiger partial charge >= 0.3 is 0 Å². The number of nitrogens with zero attached hydrogens (tertiary/aromatic N) is 4. The number of thiazole rings is 1. The van der Waals surface area contributed by atoms with Crippen LogP contribution in [0.3, 0.4) is 0 Å². The van der Waals surface area contributed by atoms with E-state index in [4.69, 9.17) is 28.1 Å². The first-order valence-electron chi connectivity index (χ1n) is 6.83. The number of rotatable bonds is 3. The minimum Gasteiger partial charge on any atom is -0.369 e. The number of fused-ring (bicyclic) bond motifs is 1. The molecule has 0 bridgehead atoms. The molecule has 3 rings (SSSR count). The lowest BCUT2D eigenvalue weighted by Crippen LogP contribution is -2.21. The number of benzene rings is 1. The summed E-state index contributed by atoms with van der Waals surface area (Å²) in [5.74, 6) is -0.0896. The number of imidazole rings is 1. The molecule has 2 heterocycles. The van der Waals surface area contributed by atoms with E-state index in [0.29, 0.717) is 5.02 Å². The largest absolute Gasteiger partial charge is 0.369 e. The first-order chi connectivity index (χ1) is 11.0. The highest BCUT2D eigenvalue weighted by Crippen LogP contribution is 2.30. The Balaban J connectivity index is 2.22. The molecule has 0 atom stereocenters. The maximum atomic E-state index is 5.97. The van der Waals surface area contributed by atoms with E-state index in [2.05, 4.69) is 21.5 Å². The Hall–Kier alpha value is -2.38. The Labute approximate surface area is 142 Å². The number of guanidine groups is 1. The summed E-state index contributed by atoms with van der Waals surface area (Å²) in [5, 5.41) is 8.30. The second kappa shape index (κ2) is 6.02. The highest BCUT2D eigenvalue weighted by molar-refractivity contribution is 7.17. The minimum atomic E-state index is -0.0896. The normalized spacial score (nSPS) is 11.4. The van der Waals surface area contributed by atoms with E-state index in [9.17, 15) is 0 Å². The van der Waals surface area contributed by atoms with Crippen LogP contribution in [0, 0.1) is 13.8 Å². The van der Waals surface area contributed by atoms with Crippen LogP contribution < -0.4 is 11.5 Å². The summed E-state index contributed by atoms with van der Waals surface area (Å²) in [6, 6.07) is 7.52. The van der Waals surface area contributed by atoms with Crippen LogP contribution in [0.1, 0.15) is 16.3 Å². The average molecular weight is 347 g/mol. The zero-order valence-electron chi connectivity index (χ0n) is 12.6. The lowest BCUT2D eigenvalue weighted by atomic mass is 10.1. The minimum absolute atomic E-state index is 0.0896. The summed E-state index contributed by atoms with van der Waals surface area (Å²) in [7, 11) is 0. The van der Waals surface area contributed by atoms with Crippen molar-refractivity contribution in [3.05, 3.63) is 45.6 Å². The number of hydrogen-bond acceptors (Lipinski definition) is 4. The Bertz CT molecular complexity index is 916. The highest BCUT2D eigenvalue weighted by Gasteiger charge is 2.17. The summed E-state index contributed by atoms with van der Waals surface area (Å²) >= 11 is 7.60. The van der Waals surface area contributed by atoms with Gasteiger partial charge in [0, 0.05) is 21.2 Å². The molecule has 6 nitrogen and oxygen atoms in total. The molecule has 1 aromatic carbocycles. The molecule has 0 aliphatic heterocycles. The second-order valence-corrected chi connectivity index (χ2v) is 6.60. The van der Waals surface area contributed by atoms with Crippen LogP contribution in [0.2, 0.25) is 5.02 Å². The van der Waals surface area contributed by atoms with Crippen molar-refractivity contribution in [1.82, 2.24) is 9.38 Å². The molecule has 0 spiro atoms. The molecule has 0 radical (unpaired) electrons. The van der Waals surface area contributed by atoms with Gasteiger partial charge in [-0.3, -0.25) is 4.40 Å². The van der Waals surface area contributed by atoms with E-state index in [1.54, 1.807) is 17.6 Å². The molecule has 8 heteroatoms. The molecular formula is C15H15ClN6S. The monoisotopic (exact) mass is 346 g/mol. The van der Waals surface area contributed by atoms with Gasteiger partial charge in [0.05, 0.1) is 17.6 Å². The molecule has 0 amide bonds. The van der Waals surface area contributed by atoms with Crippen molar-refractivity contribution in [2.24, 2.45) is 21.7 Å². The fourth-order valence-corrected chi connectivity index (χ4v) is 3.36. The number of halogens is 1. The standard InChI is InChI=1S/C15H15ClN6S/c1-8-9(2)23-15-20-13(10-3-5-11(16)6-4-10)12(22(8)15)7-19-21-14(17)18/h3-7H,1-2H3,(H4,17,18,21)/b19-7+. The van der Waals surface area contributed by atoms with Gasteiger partial charge < -0.3 is 11.5 Å².